The molecule has 0 saturated heterocycles. The maximum atomic E-state index is 12.9. The number of benzene rings is 1. The predicted molar refractivity (Wildman–Crippen MR) is 60.8 cm³/mol. The molecule has 0 heterocycles. The van der Waals surface area contributed by atoms with Crippen LogP contribution < -0.4 is 4.74 Å². The Bertz CT molecular complexity index is 520. The van der Waals surface area contributed by atoms with Crippen LogP contribution >= 0.6 is 15.9 Å². The summed E-state index contributed by atoms with van der Waals surface area (Å²) in [5.41, 5.74) is -2.01. The van der Waals surface area contributed by atoms with E-state index in [9.17, 15) is 18.0 Å². The number of nitrogens with zero attached hydrogens (tertiary/aromatic N) is 1. The van der Waals surface area contributed by atoms with Gasteiger partial charge >= 0.3 is 6.18 Å². The molecular formula is C11H7BrF3NO2. The summed E-state index contributed by atoms with van der Waals surface area (Å²) >= 11 is 2.87. The third kappa shape index (κ3) is 2.64. The van der Waals surface area contributed by atoms with Crippen molar-refractivity contribution in [3.05, 3.63) is 28.8 Å². The summed E-state index contributed by atoms with van der Waals surface area (Å²) in [6.07, 6.45) is -4.76. The minimum absolute atomic E-state index is 0.132. The molecule has 0 radical (unpaired) electrons. The largest absolute Gasteiger partial charge is 0.495 e. The van der Waals surface area contributed by atoms with Gasteiger partial charge in [-0.3, -0.25) is 4.79 Å². The van der Waals surface area contributed by atoms with Gasteiger partial charge in [0.05, 0.1) is 29.6 Å². The van der Waals surface area contributed by atoms with E-state index in [4.69, 9.17) is 5.26 Å². The number of Topliss-reactive ketones (excluding diaryl/α,β-unsaturated/α-hetero) is 1. The van der Waals surface area contributed by atoms with Crippen molar-refractivity contribution in [2.24, 2.45) is 0 Å². The van der Waals surface area contributed by atoms with Crippen molar-refractivity contribution in [3.8, 4) is 11.8 Å². The molecule has 0 unspecified atom stereocenters. The fourth-order valence-corrected chi connectivity index (χ4v) is 1.76. The van der Waals surface area contributed by atoms with Gasteiger partial charge in [-0.15, -0.1) is 0 Å². The second-order valence-corrected chi connectivity index (χ2v) is 3.80. The van der Waals surface area contributed by atoms with Crippen LogP contribution in [0.15, 0.2) is 12.1 Å². The Hall–Kier alpha value is -1.55. The summed E-state index contributed by atoms with van der Waals surface area (Å²) < 4.78 is 43.3. The zero-order chi connectivity index (χ0) is 13.9. The molecule has 0 atom stereocenters. The molecule has 0 aliphatic heterocycles. The Balaban J connectivity index is 3.64. The van der Waals surface area contributed by atoms with E-state index in [0.29, 0.717) is 0 Å². The molecule has 0 aliphatic carbocycles. The van der Waals surface area contributed by atoms with E-state index in [2.05, 4.69) is 20.7 Å². The second kappa shape index (κ2) is 5.40. The van der Waals surface area contributed by atoms with E-state index >= 15 is 0 Å². The van der Waals surface area contributed by atoms with Gasteiger partial charge < -0.3 is 4.74 Å². The minimum atomic E-state index is -4.76. The number of carbonyl (C=O) groups is 1. The Morgan fingerprint density at radius 1 is 1.50 bits per heavy atom. The first-order valence-corrected chi connectivity index (χ1v) is 5.76. The van der Waals surface area contributed by atoms with Crippen LogP contribution in [0.2, 0.25) is 0 Å². The summed E-state index contributed by atoms with van der Waals surface area (Å²) in [6, 6.07) is 3.55. The molecule has 1 rings (SSSR count). The highest BCUT2D eigenvalue weighted by molar-refractivity contribution is 9.09. The van der Waals surface area contributed by atoms with Crippen LogP contribution in [0.3, 0.4) is 0 Å². The van der Waals surface area contributed by atoms with Crippen LogP contribution in [0.1, 0.15) is 21.5 Å². The Kier molecular flexibility index (Phi) is 4.35. The first kappa shape index (κ1) is 14.5. The normalized spacial score (nSPS) is 10.9. The van der Waals surface area contributed by atoms with Gasteiger partial charge in [0, 0.05) is 0 Å². The fourth-order valence-electron chi connectivity index (χ4n) is 1.46. The van der Waals surface area contributed by atoms with E-state index in [1.807, 2.05) is 0 Å². The summed E-state index contributed by atoms with van der Waals surface area (Å²) in [5, 5.41) is 8.56. The number of hydrogen-bond donors (Lipinski definition) is 0. The molecule has 0 amide bonds. The first-order valence-electron chi connectivity index (χ1n) is 4.64. The van der Waals surface area contributed by atoms with E-state index in [1.165, 1.54) is 6.07 Å². The highest BCUT2D eigenvalue weighted by Crippen LogP contribution is 2.40. The zero-order valence-electron chi connectivity index (χ0n) is 9.14. The van der Waals surface area contributed by atoms with Crippen molar-refractivity contribution < 1.29 is 22.7 Å². The number of nitriles is 1. The number of methoxy groups -OCH3 is 1. The maximum absolute atomic E-state index is 12.9. The first-order chi connectivity index (χ1) is 8.36. The van der Waals surface area contributed by atoms with Crippen LogP contribution in [-0.2, 0) is 6.18 Å². The van der Waals surface area contributed by atoms with Gasteiger partial charge in [0.2, 0.25) is 0 Å². The summed E-state index contributed by atoms with van der Waals surface area (Å²) in [7, 11) is 1.02. The molecular weight excluding hydrogens is 315 g/mol. The minimum Gasteiger partial charge on any atom is -0.495 e. The van der Waals surface area contributed by atoms with Gasteiger partial charge in [-0.25, -0.2) is 0 Å². The summed E-state index contributed by atoms with van der Waals surface area (Å²) in [6.45, 7) is 0. The number of alkyl halides is 4. The summed E-state index contributed by atoms with van der Waals surface area (Å²) in [4.78, 5) is 11.5. The number of rotatable bonds is 3. The highest BCUT2D eigenvalue weighted by atomic mass is 79.9. The molecule has 1 aromatic rings. The third-order valence-corrected chi connectivity index (χ3v) is 2.70. The molecule has 0 aliphatic rings. The second-order valence-electron chi connectivity index (χ2n) is 3.24. The van der Waals surface area contributed by atoms with Crippen molar-refractivity contribution in [1.29, 1.82) is 5.26 Å². The van der Waals surface area contributed by atoms with Crippen molar-refractivity contribution >= 4 is 21.7 Å². The Labute approximate surface area is 109 Å². The quantitative estimate of drug-likeness (QED) is 0.634. The van der Waals surface area contributed by atoms with Gasteiger partial charge in [0.15, 0.2) is 5.78 Å². The van der Waals surface area contributed by atoms with Crippen molar-refractivity contribution in [1.82, 2.24) is 0 Å². The Morgan fingerprint density at radius 2 is 2.11 bits per heavy atom. The maximum Gasteiger partial charge on any atom is 0.421 e. The topological polar surface area (TPSA) is 50.1 Å². The molecule has 1 aromatic carbocycles. The molecule has 7 heteroatoms. The number of hydrogen-bond acceptors (Lipinski definition) is 3. The van der Waals surface area contributed by atoms with Crippen molar-refractivity contribution in [2.75, 3.05) is 12.4 Å². The molecule has 0 saturated carbocycles. The van der Waals surface area contributed by atoms with Crippen LogP contribution in [0.5, 0.6) is 5.75 Å². The predicted octanol–water partition coefficient (Wildman–Crippen LogP) is 3.16. The van der Waals surface area contributed by atoms with E-state index in [1.54, 1.807) is 0 Å². The Morgan fingerprint density at radius 3 is 2.50 bits per heavy atom. The van der Waals surface area contributed by atoms with E-state index in [0.717, 1.165) is 19.2 Å². The number of ketones is 1. The lowest BCUT2D eigenvalue weighted by Crippen LogP contribution is -2.14. The van der Waals surface area contributed by atoms with Gasteiger partial charge in [-0.1, -0.05) is 15.9 Å². The lowest BCUT2D eigenvalue weighted by Gasteiger charge is -2.16. The number of carbonyl (C=O) groups excluding carboxylic acids is 1. The standard InChI is InChI=1S/C11H7BrF3NO2/c1-18-10-7(8(17)4-12)3-2-6(5-16)9(10)11(13,14)15/h2-3H,4H2,1H3. The molecule has 0 spiro atoms. The van der Waals surface area contributed by atoms with Crippen LogP contribution in [0.25, 0.3) is 0 Å². The average Bonchev–Trinajstić information content (AvgIpc) is 2.34. The molecule has 0 bridgehead atoms. The fraction of sp³-hybridized carbons (Fsp3) is 0.273. The van der Waals surface area contributed by atoms with Gasteiger partial charge in [-0.05, 0) is 12.1 Å². The van der Waals surface area contributed by atoms with Crippen molar-refractivity contribution in [2.45, 2.75) is 6.18 Å². The highest BCUT2D eigenvalue weighted by Gasteiger charge is 2.39. The smallest absolute Gasteiger partial charge is 0.421 e. The molecule has 0 aromatic heterocycles. The molecule has 18 heavy (non-hydrogen) atoms. The van der Waals surface area contributed by atoms with Gasteiger partial charge in [-0.2, -0.15) is 18.4 Å². The molecule has 0 fully saturated rings. The number of ether oxygens (including phenoxy) is 1. The lowest BCUT2D eigenvalue weighted by atomic mass is 10.0. The third-order valence-electron chi connectivity index (χ3n) is 2.19. The molecule has 96 valence electrons. The molecule has 0 N–H and O–H groups in total. The number of halogens is 4. The lowest BCUT2D eigenvalue weighted by molar-refractivity contribution is -0.139. The van der Waals surface area contributed by atoms with E-state index in [-0.39, 0.29) is 10.9 Å². The van der Waals surface area contributed by atoms with Crippen LogP contribution in [-0.4, -0.2) is 18.2 Å². The average molecular weight is 322 g/mol. The van der Waals surface area contributed by atoms with Crippen molar-refractivity contribution in [3.63, 3.8) is 0 Å². The summed E-state index contributed by atoms with van der Waals surface area (Å²) in [5.74, 6) is -1.17. The molecule has 3 nitrogen and oxygen atoms in total. The van der Waals surface area contributed by atoms with Crippen LogP contribution in [0, 0.1) is 11.3 Å². The SMILES string of the molecule is COc1c(C(=O)CBr)ccc(C#N)c1C(F)(F)F. The van der Waals surface area contributed by atoms with Gasteiger partial charge in [0.25, 0.3) is 0 Å². The zero-order valence-corrected chi connectivity index (χ0v) is 10.7. The van der Waals surface area contributed by atoms with E-state index < -0.39 is 28.8 Å². The monoisotopic (exact) mass is 321 g/mol. The van der Waals surface area contributed by atoms with Gasteiger partial charge in [0.1, 0.15) is 11.3 Å². The van der Waals surface area contributed by atoms with Crippen LogP contribution in [0.4, 0.5) is 13.2 Å².